The Labute approximate surface area is 211 Å². The highest BCUT2D eigenvalue weighted by atomic mass is 19.4. The van der Waals surface area contributed by atoms with Gasteiger partial charge in [0, 0.05) is 23.6 Å². The molecule has 0 amide bonds. The van der Waals surface area contributed by atoms with Crippen molar-refractivity contribution in [3.8, 4) is 22.6 Å². The maximum atomic E-state index is 14.8. The van der Waals surface area contributed by atoms with Crippen molar-refractivity contribution < 1.29 is 54.1 Å². The molecule has 4 rings (SSSR count). The standard InChI is InChI=1S/C26H18F8O4/c1-2-14-12-35-24(36-13-14)16-5-8-19(20(27)9-16)25(30,31)37-18-10-21(28)23(22(29)11-18)15-3-6-17(7-4-15)38-26(32,33)34/h2-11,14,24H,1,12-13H2. The molecule has 12 heteroatoms. The molecule has 1 aliphatic heterocycles. The first-order chi connectivity index (χ1) is 17.9. The van der Waals surface area contributed by atoms with Crippen LogP contribution in [0.15, 0.2) is 67.3 Å². The van der Waals surface area contributed by atoms with Crippen molar-refractivity contribution in [3.05, 3.63) is 95.8 Å². The Morgan fingerprint density at radius 2 is 1.37 bits per heavy atom. The molecule has 0 aliphatic carbocycles. The SMILES string of the molecule is C=CC1COC(c2ccc(C(F)(F)Oc3cc(F)c(-c4ccc(OC(F)(F)F)cc4)c(F)c3)c(F)c2)OC1. The summed E-state index contributed by atoms with van der Waals surface area (Å²) in [6.45, 7) is 4.10. The van der Waals surface area contributed by atoms with E-state index in [2.05, 4.69) is 16.1 Å². The summed E-state index contributed by atoms with van der Waals surface area (Å²) in [7, 11) is 0. The van der Waals surface area contributed by atoms with E-state index < -0.39 is 58.8 Å². The fraction of sp³-hybridized carbons (Fsp3) is 0.231. The summed E-state index contributed by atoms with van der Waals surface area (Å²) in [6.07, 6.45) is -8.65. The minimum atomic E-state index is -4.96. The van der Waals surface area contributed by atoms with E-state index in [-0.39, 0.29) is 30.3 Å². The number of halogens is 8. The zero-order valence-electron chi connectivity index (χ0n) is 19.2. The van der Waals surface area contributed by atoms with Crippen LogP contribution >= 0.6 is 0 Å². The highest BCUT2D eigenvalue weighted by Gasteiger charge is 2.39. The van der Waals surface area contributed by atoms with Gasteiger partial charge < -0.3 is 18.9 Å². The molecular weight excluding hydrogens is 528 g/mol. The summed E-state index contributed by atoms with van der Waals surface area (Å²) in [5.41, 5.74) is -1.97. The van der Waals surface area contributed by atoms with Crippen LogP contribution in [0.5, 0.6) is 11.5 Å². The summed E-state index contributed by atoms with van der Waals surface area (Å²) >= 11 is 0. The van der Waals surface area contributed by atoms with Crippen molar-refractivity contribution in [3.63, 3.8) is 0 Å². The molecule has 202 valence electrons. The Morgan fingerprint density at radius 3 is 1.89 bits per heavy atom. The summed E-state index contributed by atoms with van der Waals surface area (Å²) in [5, 5.41) is 0. The Kier molecular flexibility index (Phi) is 7.65. The molecule has 3 aromatic carbocycles. The molecule has 1 aliphatic rings. The van der Waals surface area contributed by atoms with Gasteiger partial charge in [0.1, 0.15) is 29.0 Å². The monoisotopic (exact) mass is 546 g/mol. The Morgan fingerprint density at radius 1 is 0.763 bits per heavy atom. The smallest absolute Gasteiger partial charge is 0.429 e. The van der Waals surface area contributed by atoms with Crippen molar-refractivity contribution >= 4 is 0 Å². The molecule has 0 saturated carbocycles. The van der Waals surface area contributed by atoms with Gasteiger partial charge in [0.2, 0.25) is 0 Å². The third-order valence-corrected chi connectivity index (χ3v) is 5.47. The predicted molar refractivity (Wildman–Crippen MR) is 118 cm³/mol. The lowest BCUT2D eigenvalue weighted by atomic mass is 10.0. The van der Waals surface area contributed by atoms with Crippen molar-refractivity contribution in [2.24, 2.45) is 5.92 Å². The van der Waals surface area contributed by atoms with Crippen molar-refractivity contribution in [2.75, 3.05) is 13.2 Å². The normalized spacial score (nSPS) is 18.2. The summed E-state index contributed by atoms with van der Waals surface area (Å²) in [5.74, 6) is -5.71. The predicted octanol–water partition coefficient (Wildman–Crippen LogP) is 7.65. The van der Waals surface area contributed by atoms with E-state index in [0.29, 0.717) is 12.1 Å². The zero-order valence-corrected chi connectivity index (χ0v) is 19.2. The van der Waals surface area contributed by atoms with Crippen LogP contribution in [-0.4, -0.2) is 19.6 Å². The molecule has 4 nitrogen and oxygen atoms in total. The number of hydrogen-bond acceptors (Lipinski definition) is 4. The van der Waals surface area contributed by atoms with Crippen molar-refractivity contribution in [2.45, 2.75) is 18.8 Å². The second kappa shape index (κ2) is 10.6. The van der Waals surface area contributed by atoms with E-state index in [1.54, 1.807) is 6.08 Å². The minimum Gasteiger partial charge on any atom is -0.429 e. The number of hydrogen-bond donors (Lipinski definition) is 0. The Balaban J connectivity index is 1.51. The molecule has 0 atom stereocenters. The van der Waals surface area contributed by atoms with Crippen LogP contribution in [0, 0.1) is 23.4 Å². The Hall–Kier alpha value is -3.64. The highest BCUT2D eigenvalue weighted by Crippen LogP contribution is 2.38. The molecule has 1 fully saturated rings. The van der Waals surface area contributed by atoms with E-state index in [4.69, 9.17) is 9.47 Å². The van der Waals surface area contributed by atoms with Crippen molar-refractivity contribution in [1.29, 1.82) is 0 Å². The lowest BCUT2D eigenvalue weighted by Crippen LogP contribution is -2.26. The summed E-state index contributed by atoms with van der Waals surface area (Å²) in [4.78, 5) is 0. The molecule has 3 aromatic rings. The van der Waals surface area contributed by atoms with Gasteiger partial charge in [0.15, 0.2) is 6.29 Å². The first kappa shape index (κ1) is 27.4. The average Bonchev–Trinajstić information content (AvgIpc) is 2.83. The van der Waals surface area contributed by atoms with E-state index >= 15 is 0 Å². The van der Waals surface area contributed by atoms with Gasteiger partial charge in [-0.3, -0.25) is 0 Å². The second-order valence-corrected chi connectivity index (χ2v) is 8.19. The third kappa shape index (κ3) is 6.25. The van der Waals surface area contributed by atoms with E-state index in [1.807, 2.05) is 0 Å². The van der Waals surface area contributed by atoms with Gasteiger partial charge >= 0.3 is 12.5 Å². The molecule has 0 bridgehead atoms. The van der Waals surface area contributed by atoms with Crippen LogP contribution in [0.1, 0.15) is 17.4 Å². The van der Waals surface area contributed by atoms with Crippen LogP contribution in [-0.2, 0) is 15.6 Å². The number of alkyl halides is 5. The van der Waals surface area contributed by atoms with Crippen LogP contribution in [0.2, 0.25) is 0 Å². The molecule has 0 unspecified atom stereocenters. The summed E-state index contributed by atoms with van der Waals surface area (Å²) < 4.78 is 129. The first-order valence-electron chi connectivity index (χ1n) is 10.9. The second-order valence-electron chi connectivity index (χ2n) is 8.19. The first-order valence-corrected chi connectivity index (χ1v) is 10.9. The fourth-order valence-corrected chi connectivity index (χ4v) is 3.67. The lowest BCUT2D eigenvalue weighted by molar-refractivity contribution is -0.274. The van der Waals surface area contributed by atoms with Gasteiger partial charge in [-0.05, 0) is 29.8 Å². The molecule has 1 heterocycles. The zero-order chi connectivity index (χ0) is 27.7. The molecule has 0 aromatic heterocycles. The molecule has 1 saturated heterocycles. The minimum absolute atomic E-state index is 0.0666. The van der Waals surface area contributed by atoms with Gasteiger partial charge in [-0.25, -0.2) is 13.2 Å². The van der Waals surface area contributed by atoms with Gasteiger partial charge in [0.25, 0.3) is 0 Å². The van der Waals surface area contributed by atoms with Gasteiger partial charge in [-0.2, -0.15) is 8.78 Å². The average molecular weight is 546 g/mol. The lowest BCUT2D eigenvalue weighted by Gasteiger charge is -2.28. The fourth-order valence-electron chi connectivity index (χ4n) is 3.67. The van der Waals surface area contributed by atoms with Crippen LogP contribution in [0.4, 0.5) is 35.1 Å². The molecule has 0 radical (unpaired) electrons. The molecule has 38 heavy (non-hydrogen) atoms. The highest BCUT2D eigenvalue weighted by molar-refractivity contribution is 5.66. The van der Waals surface area contributed by atoms with Crippen molar-refractivity contribution in [1.82, 2.24) is 0 Å². The van der Waals surface area contributed by atoms with Gasteiger partial charge in [-0.15, -0.1) is 19.8 Å². The van der Waals surface area contributed by atoms with E-state index in [9.17, 15) is 35.1 Å². The summed E-state index contributed by atoms with van der Waals surface area (Å²) in [6, 6.07) is 7.10. The quantitative estimate of drug-likeness (QED) is 0.225. The largest absolute Gasteiger partial charge is 0.573 e. The Bertz CT molecular complexity index is 1280. The van der Waals surface area contributed by atoms with E-state index in [1.165, 1.54) is 0 Å². The maximum Gasteiger partial charge on any atom is 0.573 e. The van der Waals surface area contributed by atoms with Crippen LogP contribution in [0.25, 0.3) is 11.1 Å². The topological polar surface area (TPSA) is 36.9 Å². The number of rotatable bonds is 7. The molecule has 0 spiro atoms. The van der Waals surface area contributed by atoms with Crippen LogP contribution in [0.3, 0.4) is 0 Å². The van der Waals surface area contributed by atoms with E-state index in [0.717, 1.165) is 42.5 Å². The maximum absolute atomic E-state index is 14.8. The molecule has 0 N–H and O–H groups in total. The van der Waals surface area contributed by atoms with Gasteiger partial charge in [-0.1, -0.05) is 24.3 Å². The van der Waals surface area contributed by atoms with Gasteiger partial charge in [0.05, 0.1) is 24.3 Å². The number of ether oxygens (including phenoxy) is 4. The van der Waals surface area contributed by atoms with Crippen LogP contribution < -0.4 is 9.47 Å². The molecular formula is C26H18F8O4. The third-order valence-electron chi connectivity index (χ3n) is 5.47. The number of benzene rings is 3.